The lowest BCUT2D eigenvalue weighted by atomic mass is 10.1. The number of nitriles is 1. The van der Waals surface area contributed by atoms with Crippen LogP contribution in [0.4, 0.5) is 11.4 Å². The van der Waals surface area contributed by atoms with Crippen LogP contribution in [-0.2, 0) is 19.6 Å². The van der Waals surface area contributed by atoms with Crippen LogP contribution in [0, 0.1) is 11.3 Å². The van der Waals surface area contributed by atoms with E-state index in [0.29, 0.717) is 43.3 Å². The van der Waals surface area contributed by atoms with Gasteiger partial charge in [0.25, 0.3) is 5.91 Å². The van der Waals surface area contributed by atoms with Crippen LogP contribution in [0.5, 0.6) is 5.75 Å². The van der Waals surface area contributed by atoms with Gasteiger partial charge in [0.2, 0.25) is 10.0 Å². The Kier molecular flexibility index (Phi) is 7.90. The van der Waals surface area contributed by atoms with Crippen molar-refractivity contribution in [2.24, 2.45) is 0 Å². The van der Waals surface area contributed by atoms with Gasteiger partial charge in [0.05, 0.1) is 41.1 Å². The largest absolute Gasteiger partial charge is 0.481 e. The number of benzene rings is 2. The second-order valence-electron chi connectivity index (χ2n) is 8.63. The monoisotopic (exact) mass is 498 g/mol. The summed E-state index contributed by atoms with van der Waals surface area (Å²) < 4.78 is 38.9. The Morgan fingerprint density at radius 3 is 2.40 bits per heavy atom. The number of ether oxygens (including phenoxy) is 2. The Balaban J connectivity index is 1.58. The summed E-state index contributed by atoms with van der Waals surface area (Å²) in [5.74, 6) is 0.0695. The fraction of sp³-hybridized carbons (Fsp3) is 0.440. The highest BCUT2D eigenvalue weighted by atomic mass is 32.2. The van der Waals surface area contributed by atoms with Crippen LogP contribution in [0.25, 0.3) is 0 Å². The molecule has 2 fully saturated rings. The third-order valence-corrected chi connectivity index (χ3v) is 8.09. The highest BCUT2D eigenvalue weighted by Crippen LogP contribution is 2.32. The summed E-state index contributed by atoms with van der Waals surface area (Å²) in [5, 5.41) is 11.8. The topological polar surface area (TPSA) is 112 Å². The van der Waals surface area contributed by atoms with Gasteiger partial charge in [-0.25, -0.2) is 8.42 Å². The van der Waals surface area contributed by atoms with Crippen molar-refractivity contribution < 1.29 is 22.7 Å². The molecule has 1 amide bonds. The number of morpholine rings is 1. The quantitative estimate of drug-likeness (QED) is 0.625. The standard InChI is InChI=1S/C25H30N4O5S/c1-19(34-21-7-5-20(18-26)6-8-21)25(30)27-23-17-22(35(31,32)29-13-15-33-16-14-29)9-10-24(23)28-11-3-2-4-12-28/h5-10,17,19H,2-4,11-16H2,1H3,(H,27,30). The predicted octanol–water partition coefficient (Wildman–Crippen LogP) is 2.98. The molecule has 0 spiro atoms. The van der Waals surface area contributed by atoms with E-state index in [1.54, 1.807) is 49.4 Å². The minimum atomic E-state index is -3.72. The highest BCUT2D eigenvalue weighted by Gasteiger charge is 2.28. The van der Waals surface area contributed by atoms with E-state index < -0.39 is 22.0 Å². The summed E-state index contributed by atoms with van der Waals surface area (Å²) >= 11 is 0. The van der Waals surface area contributed by atoms with E-state index in [-0.39, 0.29) is 4.90 Å². The van der Waals surface area contributed by atoms with Crippen LogP contribution in [-0.4, -0.2) is 64.1 Å². The zero-order chi connectivity index (χ0) is 24.8. The smallest absolute Gasteiger partial charge is 0.265 e. The maximum atomic E-state index is 13.2. The molecule has 2 aliphatic rings. The van der Waals surface area contributed by atoms with Gasteiger partial charge in [-0.1, -0.05) is 0 Å². The number of carbonyl (C=O) groups excluding carboxylic acids is 1. The Morgan fingerprint density at radius 2 is 1.74 bits per heavy atom. The van der Waals surface area contributed by atoms with Crippen molar-refractivity contribution in [1.82, 2.24) is 4.31 Å². The van der Waals surface area contributed by atoms with Crippen LogP contribution >= 0.6 is 0 Å². The highest BCUT2D eigenvalue weighted by molar-refractivity contribution is 7.89. The first-order valence-electron chi connectivity index (χ1n) is 11.8. The lowest BCUT2D eigenvalue weighted by molar-refractivity contribution is -0.122. The molecular formula is C25H30N4O5S. The van der Waals surface area contributed by atoms with Crippen LogP contribution in [0.15, 0.2) is 47.4 Å². The zero-order valence-corrected chi connectivity index (χ0v) is 20.6. The summed E-state index contributed by atoms with van der Waals surface area (Å²) in [6.07, 6.45) is 2.40. The second kappa shape index (κ2) is 11.1. The Bertz CT molecular complexity index is 1180. The normalized spacial score (nSPS) is 17.9. The molecule has 0 aliphatic carbocycles. The first kappa shape index (κ1) is 25.0. The van der Waals surface area contributed by atoms with Gasteiger partial charge in [0.15, 0.2) is 6.10 Å². The molecule has 2 aromatic carbocycles. The van der Waals surface area contributed by atoms with Gasteiger partial charge in [-0.2, -0.15) is 9.57 Å². The molecule has 0 aromatic heterocycles. The summed E-state index contributed by atoms with van der Waals surface area (Å²) in [6, 6.07) is 13.5. The third-order valence-electron chi connectivity index (χ3n) is 6.20. The average molecular weight is 499 g/mol. The number of hydrogen-bond donors (Lipinski definition) is 1. The van der Waals surface area contributed by atoms with Crippen LogP contribution in [0.2, 0.25) is 0 Å². The van der Waals surface area contributed by atoms with E-state index in [1.165, 1.54) is 4.31 Å². The minimum absolute atomic E-state index is 0.135. The lowest BCUT2D eigenvalue weighted by Crippen LogP contribution is -2.40. The molecule has 1 unspecified atom stereocenters. The molecule has 2 aromatic rings. The number of piperidine rings is 1. The van der Waals surface area contributed by atoms with Gasteiger partial charge >= 0.3 is 0 Å². The van der Waals surface area contributed by atoms with E-state index in [4.69, 9.17) is 14.7 Å². The number of sulfonamides is 1. The molecule has 2 saturated heterocycles. The van der Waals surface area contributed by atoms with Gasteiger partial charge in [0.1, 0.15) is 5.75 Å². The van der Waals surface area contributed by atoms with E-state index >= 15 is 0 Å². The van der Waals surface area contributed by atoms with Crippen molar-refractivity contribution >= 4 is 27.3 Å². The van der Waals surface area contributed by atoms with Gasteiger partial charge in [-0.15, -0.1) is 0 Å². The molecule has 1 atom stereocenters. The van der Waals surface area contributed by atoms with Gasteiger partial charge in [-0.05, 0) is 68.7 Å². The SMILES string of the molecule is CC(Oc1ccc(C#N)cc1)C(=O)Nc1cc(S(=O)(=O)N2CCOCC2)ccc1N1CCCCC1. The fourth-order valence-electron chi connectivity index (χ4n) is 4.22. The van der Waals surface area contributed by atoms with Crippen LogP contribution in [0.1, 0.15) is 31.7 Å². The minimum Gasteiger partial charge on any atom is -0.481 e. The zero-order valence-electron chi connectivity index (χ0n) is 19.8. The Hall–Kier alpha value is -3.13. The van der Waals surface area contributed by atoms with Crippen LogP contribution < -0.4 is 15.0 Å². The van der Waals surface area contributed by atoms with E-state index in [1.807, 2.05) is 6.07 Å². The molecule has 0 saturated carbocycles. The number of nitrogens with zero attached hydrogens (tertiary/aromatic N) is 3. The average Bonchev–Trinajstić information content (AvgIpc) is 2.90. The molecule has 0 radical (unpaired) electrons. The summed E-state index contributed by atoms with van der Waals surface area (Å²) in [4.78, 5) is 15.4. The Morgan fingerprint density at radius 1 is 1.06 bits per heavy atom. The van der Waals surface area contributed by atoms with Gasteiger partial charge < -0.3 is 19.7 Å². The number of hydrogen-bond acceptors (Lipinski definition) is 7. The molecular weight excluding hydrogens is 468 g/mol. The number of anilines is 2. The van der Waals surface area contributed by atoms with Crippen molar-refractivity contribution in [3.63, 3.8) is 0 Å². The van der Waals surface area contributed by atoms with Crippen molar-refractivity contribution in [3.05, 3.63) is 48.0 Å². The van der Waals surface area contributed by atoms with E-state index in [9.17, 15) is 13.2 Å². The second-order valence-corrected chi connectivity index (χ2v) is 10.6. The number of nitrogens with one attached hydrogen (secondary N) is 1. The van der Waals surface area contributed by atoms with Crippen molar-refractivity contribution in [3.8, 4) is 11.8 Å². The molecule has 1 N–H and O–H groups in total. The first-order chi connectivity index (χ1) is 16.9. The maximum Gasteiger partial charge on any atom is 0.265 e. The summed E-state index contributed by atoms with van der Waals surface area (Å²) in [7, 11) is -3.72. The molecule has 9 nitrogen and oxygen atoms in total. The van der Waals surface area contributed by atoms with Gasteiger partial charge in [0, 0.05) is 26.2 Å². The summed E-state index contributed by atoms with van der Waals surface area (Å²) in [5.41, 5.74) is 1.74. The first-order valence-corrected chi connectivity index (χ1v) is 13.3. The number of rotatable bonds is 7. The molecule has 0 bridgehead atoms. The number of amides is 1. The van der Waals surface area contributed by atoms with E-state index in [2.05, 4.69) is 10.2 Å². The Labute approximate surface area is 206 Å². The van der Waals surface area contributed by atoms with Crippen molar-refractivity contribution in [2.75, 3.05) is 49.6 Å². The fourth-order valence-corrected chi connectivity index (χ4v) is 5.66. The van der Waals surface area contributed by atoms with Crippen molar-refractivity contribution in [2.45, 2.75) is 37.2 Å². The third kappa shape index (κ3) is 5.93. The molecule has 35 heavy (non-hydrogen) atoms. The van der Waals surface area contributed by atoms with Gasteiger partial charge in [-0.3, -0.25) is 4.79 Å². The van der Waals surface area contributed by atoms with Crippen LogP contribution in [0.3, 0.4) is 0 Å². The predicted molar refractivity (Wildman–Crippen MR) is 132 cm³/mol. The molecule has 186 valence electrons. The molecule has 4 rings (SSSR count). The lowest BCUT2D eigenvalue weighted by Gasteiger charge is -2.31. The number of carbonyl (C=O) groups is 1. The molecule has 10 heteroatoms. The van der Waals surface area contributed by atoms with E-state index in [0.717, 1.165) is 38.0 Å². The molecule has 2 heterocycles. The summed E-state index contributed by atoms with van der Waals surface area (Å²) in [6.45, 7) is 4.63. The van der Waals surface area contributed by atoms with Crippen molar-refractivity contribution in [1.29, 1.82) is 5.26 Å². The maximum absolute atomic E-state index is 13.2. The molecule has 2 aliphatic heterocycles.